The Morgan fingerprint density at radius 2 is 1.56 bits per heavy atom. The fourth-order valence-electron chi connectivity index (χ4n) is 2.53. The third-order valence-corrected chi connectivity index (χ3v) is 3.74. The van der Waals surface area contributed by atoms with Gasteiger partial charge in [0.05, 0.1) is 0 Å². The molecule has 0 aromatic heterocycles. The molecule has 0 aromatic carbocycles. The standard InChI is InChI=1S/C16H27F3N2O4/c1-10-8-21(14(23)25-15(4,5)6)11(2)7-20(10)13(22)12(3)24-9-16(17,18)19/h10-12H,7-9H2,1-6H3. The first-order valence-corrected chi connectivity index (χ1v) is 8.19. The molecule has 6 nitrogen and oxygen atoms in total. The van der Waals surface area contributed by atoms with Crippen LogP contribution < -0.4 is 0 Å². The van der Waals surface area contributed by atoms with Gasteiger partial charge in [0.1, 0.15) is 18.3 Å². The van der Waals surface area contributed by atoms with Crippen molar-refractivity contribution >= 4 is 12.0 Å². The molecular weight excluding hydrogens is 341 g/mol. The normalized spacial score (nSPS) is 23.4. The second-order valence-corrected chi connectivity index (χ2v) is 7.39. The van der Waals surface area contributed by atoms with Crippen LogP contribution in [-0.2, 0) is 14.3 Å². The van der Waals surface area contributed by atoms with Gasteiger partial charge in [-0.1, -0.05) is 0 Å². The van der Waals surface area contributed by atoms with Crippen molar-refractivity contribution in [3.05, 3.63) is 0 Å². The summed E-state index contributed by atoms with van der Waals surface area (Å²) in [5.74, 6) is -0.521. The lowest BCUT2D eigenvalue weighted by Gasteiger charge is -2.44. The Labute approximate surface area is 146 Å². The SMILES string of the molecule is CC(OCC(F)(F)F)C(=O)N1CC(C)N(C(=O)OC(C)(C)C)CC1C. The molecule has 0 radical (unpaired) electrons. The first kappa shape index (κ1) is 21.5. The van der Waals surface area contributed by atoms with Crippen LogP contribution in [-0.4, -0.2) is 71.5 Å². The topological polar surface area (TPSA) is 59.1 Å². The van der Waals surface area contributed by atoms with Crippen LogP contribution in [0.3, 0.4) is 0 Å². The van der Waals surface area contributed by atoms with Gasteiger partial charge in [-0.05, 0) is 41.5 Å². The quantitative estimate of drug-likeness (QED) is 0.769. The summed E-state index contributed by atoms with van der Waals surface area (Å²) in [6.07, 6.45) is -6.16. The zero-order valence-electron chi connectivity index (χ0n) is 15.5. The summed E-state index contributed by atoms with van der Waals surface area (Å²) in [5.41, 5.74) is -0.632. The molecule has 0 N–H and O–H groups in total. The highest BCUT2D eigenvalue weighted by atomic mass is 19.4. The van der Waals surface area contributed by atoms with Crippen molar-refractivity contribution in [1.82, 2.24) is 9.80 Å². The Morgan fingerprint density at radius 3 is 2.04 bits per heavy atom. The van der Waals surface area contributed by atoms with Crippen LogP contribution in [0.1, 0.15) is 41.5 Å². The average molecular weight is 368 g/mol. The summed E-state index contributed by atoms with van der Waals surface area (Å²) in [5, 5.41) is 0. The Kier molecular flexibility index (Phi) is 6.72. The number of carbonyl (C=O) groups excluding carboxylic acids is 2. The Hall–Kier alpha value is -1.51. The molecule has 3 atom stereocenters. The maximum absolute atomic E-state index is 12.4. The van der Waals surface area contributed by atoms with E-state index in [-0.39, 0.29) is 25.2 Å². The van der Waals surface area contributed by atoms with Crippen LogP contribution in [0.4, 0.5) is 18.0 Å². The van der Waals surface area contributed by atoms with Crippen molar-refractivity contribution in [2.24, 2.45) is 0 Å². The minimum atomic E-state index is -4.48. The highest BCUT2D eigenvalue weighted by molar-refractivity contribution is 5.81. The number of amides is 2. The van der Waals surface area contributed by atoms with Crippen molar-refractivity contribution in [3.8, 4) is 0 Å². The number of rotatable bonds is 3. The number of piperazine rings is 1. The van der Waals surface area contributed by atoms with E-state index in [1.54, 1.807) is 34.6 Å². The van der Waals surface area contributed by atoms with Gasteiger partial charge < -0.3 is 19.3 Å². The molecule has 1 saturated heterocycles. The molecule has 0 bridgehead atoms. The molecular formula is C16H27F3N2O4. The van der Waals surface area contributed by atoms with Crippen molar-refractivity contribution in [3.63, 3.8) is 0 Å². The minimum Gasteiger partial charge on any atom is -0.444 e. The molecule has 3 unspecified atom stereocenters. The van der Waals surface area contributed by atoms with Crippen LogP contribution >= 0.6 is 0 Å². The van der Waals surface area contributed by atoms with E-state index in [1.165, 1.54) is 16.7 Å². The number of nitrogens with zero attached hydrogens (tertiary/aromatic N) is 2. The minimum absolute atomic E-state index is 0.207. The average Bonchev–Trinajstić information content (AvgIpc) is 2.43. The molecule has 1 aliphatic rings. The van der Waals surface area contributed by atoms with Gasteiger partial charge >= 0.3 is 12.3 Å². The lowest BCUT2D eigenvalue weighted by Crippen LogP contribution is -2.61. The van der Waals surface area contributed by atoms with E-state index in [2.05, 4.69) is 4.74 Å². The molecule has 1 heterocycles. The van der Waals surface area contributed by atoms with E-state index < -0.39 is 36.5 Å². The predicted octanol–water partition coefficient (Wildman–Crippen LogP) is 2.81. The van der Waals surface area contributed by atoms with E-state index in [4.69, 9.17) is 4.74 Å². The highest BCUT2D eigenvalue weighted by Crippen LogP contribution is 2.21. The fraction of sp³-hybridized carbons (Fsp3) is 0.875. The zero-order chi connectivity index (χ0) is 19.6. The molecule has 0 aromatic rings. The third-order valence-electron chi connectivity index (χ3n) is 3.74. The van der Waals surface area contributed by atoms with E-state index >= 15 is 0 Å². The van der Waals surface area contributed by atoms with Gasteiger partial charge in [0.25, 0.3) is 5.91 Å². The van der Waals surface area contributed by atoms with Crippen LogP contribution in [0.15, 0.2) is 0 Å². The number of alkyl halides is 3. The largest absolute Gasteiger partial charge is 0.444 e. The van der Waals surface area contributed by atoms with Crippen molar-refractivity contribution in [2.75, 3.05) is 19.7 Å². The molecule has 25 heavy (non-hydrogen) atoms. The van der Waals surface area contributed by atoms with Crippen molar-refractivity contribution < 1.29 is 32.2 Å². The molecule has 1 fully saturated rings. The van der Waals surface area contributed by atoms with Gasteiger partial charge in [-0.3, -0.25) is 4.79 Å². The van der Waals surface area contributed by atoms with Crippen molar-refractivity contribution in [1.29, 1.82) is 0 Å². The summed E-state index contributed by atoms with van der Waals surface area (Å²) in [4.78, 5) is 27.6. The summed E-state index contributed by atoms with van der Waals surface area (Å²) in [7, 11) is 0. The zero-order valence-corrected chi connectivity index (χ0v) is 15.5. The van der Waals surface area contributed by atoms with Crippen LogP contribution in [0.25, 0.3) is 0 Å². The number of hydrogen-bond donors (Lipinski definition) is 0. The number of hydrogen-bond acceptors (Lipinski definition) is 4. The molecule has 0 spiro atoms. The maximum Gasteiger partial charge on any atom is 0.411 e. The van der Waals surface area contributed by atoms with Crippen LogP contribution in [0.5, 0.6) is 0 Å². The number of carbonyl (C=O) groups is 2. The van der Waals surface area contributed by atoms with Crippen LogP contribution in [0.2, 0.25) is 0 Å². The molecule has 2 amide bonds. The lowest BCUT2D eigenvalue weighted by molar-refractivity contribution is -0.190. The fourth-order valence-corrected chi connectivity index (χ4v) is 2.53. The Morgan fingerprint density at radius 1 is 1.08 bits per heavy atom. The predicted molar refractivity (Wildman–Crippen MR) is 85.0 cm³/mol. The third kappa shape index (κ3) is 6.72. The van der Waals surface area contributed by atoms with Crippen molar-refractivity contribution in [2.45, 2.75) is 71.5 Å². The van der Waals surface area contributed by atoms with Gasteiger partial charge in [-0.25, -0.2) is 4.79 Å². The first-order valence-electron chi connectivity index (χ1n) is 8.19. The van der Waals surface area contributed by atoms with Gasteiger partial charge in [-0.2, -0.15) is 13.2 Å². The monoisotopic (exact) mass is 368 g/mol. The second-order valence-electron chi connectivity index (χ2n) is 7.39. The Bertz CT molecular complexity index is 491. The molecule has 146 valence electrons. The van der Waals surface area contributed by atoms with Crippen LogP contribution in [0, 0.1) is 0 Å². The summed E-state index contributed by atoms with van der Waals surface area (Å²) >= 11 is 0. The number of halogens is 3. The summed E-state index contributed by atoms with van der Waals surface area (Å²) < 4.78 is 46.7. The van der Waals surface area contributed by atoms with E-state index in [0.717, 1.165) is 0 Å². The van der Waals surface area contributed by atoms with E-state index in [9.17, 15) is 22.8 Å². The molecule has 0 aliphatic carbocycles. The summed E-state index contributed by atoms with van der Waals surface area (Å²) in [6, 6.07) is -0.669. The summed E-state index contributed by atoms with van der Waals surface area (Å²) in [6.45, 7) is 9.06. The molecule has 9 heteroatoms. The molecule has 1 rings (SSSR count). The Balaban J connectivity index is 2.69. The van der Waals surface area contributed by atoms with E-state index in [1.807, 2.05) is 0 Å². The smallest absolute Gasteiger partial charge is 0.411 e. The van der Waals surface area contributed by atoms with Gasteiger partial charge in [0.15, 0.2) is 0 Å². The first-order chi connectivity index (χ1) is 11.2. The van der Waals surface area contributed by atoms with Gasteiger partial charge in [0, 0.05) is 25.2 Å². The van der Waals surface area contributed by atoms with E-state index in [0.29, 0.717) is 0 Å². The maximum atomic E-state index is 12.4. The molecule has 1 aliphatic heterocycles. The second kappa shape index (κ2) is 7.80. The van der Waals surface area contributed by atoms with Gasteiger partial charge in [-0.15, -0.1) is 0 Å². The van der Waals surface area contributed by atoms with Gasteiger partial charge in [0.2, 0.25) is 0 Å². The highest BCUT2D eigenvalue weighted by Gasteiger charge is 2.38. The molecule has 0 saturated carbocycles. The lowest BCUT2D eigenvalue weighted by atomic mass is 10.1. The number of ether oxygens (including phenoxy) is 2.